The molecule has 0 radical (unpaired) electrons. The molecule has 134 valence electrons. The fourth-order valence-electron chi connectivity index (χ4n) is 3.26. The van der Waals surface area contributed by atoms with Crippen LogP contribution < -0.4 is 25.4 Å². The molecule has 2 amide bonds. The first kappa shape index (κ1) is 16.3. The zero-order valence-electron chi connectivity index (χ0n) is 14.2. The van der Waals surface area contributed by atoms with Gasteiger partial charge in [0.2, 0.25) is 12.7 Å². The van der Waals surface area contributed by atoms with E-state index in [-0.39, 0.29) is 12.7 Å². The van der Waals surface area contributed by atoms with Crippen molar-refractivity contribution in [3.05, 3.63) is 47.5 Å². The summed E-state index contributed by atoms with van der Waals surface area (Å²) < 4.78 is 10.6. The number of hydrogen-bond acceptors (Lipinski definition) is 5. The van der Waals surface area contributed by atoms with Gasteiger partial charge in [0, 0.05) is 24.2 Å². The van der Waals surface area contributed by atoms with Gasteiger partial charge in [-0.2, -0.15) is 0 Å². The van der Waals surface area contributed by atoms with E-state index in [0.29, 0.717) is 28.3 Å². The second-order valence-electron chi connectivity index (χ2n) is 6.31. The highest BCUT2D eigenvalue weighted by Gasteiger charge is 2.20. The lowest BCUT2D eigenvalue weighted by molar-refractivity contribution is 0.0996. The molecule has 0 bridgehead atoms. The molecule has 0 unspecified atom stereocenters. The number of benzene rings is 2. The van der Waals surface area contributed by atoms with Crippen LogP contribution in [0, 0.1) is 0 Å². The zero-order valence-corrected chi connectivity index (χ0v) is 14.2. The summed E-state index contributed by atoms with van der Waals surface area (Å²) in [5, 5.41) is 2.91. The lowest BCUT2D eigenvalue weighted by Crippen LogP contribution is -2.22. The molecule has 0 atom stereocenters. The highest BCUT2D eigenvalue weighted by Crippen LogP contribution is 2.34. The molecule has 2 aromatic carbocycles. The number of nitrogens with zero attached hydrogens (tertiary/aromatic N) is 1. The summed E-state index contributed by atoms with van der Waals surface area (Å²) in [6.45, 7) is 1.99. The Morgan fingerprint density at radius 2 is 1.69 bits per heavy atom. The van der Waals surface area contributed by atoms with Gasteiger partial charge in [-0.1, -0.05) is 0 Å². The van der Waals surface area contributed by atoms with Crippen LogP contribution in [0.4, 0.5) is 11.4 Å². The Kier molecular flexibility index (Phi) is 4.12. The minimum Gasteiger partial charge on any atom is -0.454 e. The van der Waals surface area contributed by atoms with E-state index in [0.717, 1.165) is 31.6 Å². The van der Waals surface area contributed by atoms with E-state index < -0.39 is 5.91 Å². The number of fused-ring (bicyclic) bond motifs is 1. The lowest BCUT2D eigenvalue weighted by atomic mass is 10.1. The predicted octanol–water partition coefficient (Wildman–Crippen LogP) is 2.37. The second-order valence-corrected chi connectivity index (χ2v) is 6.31. The van der Waals surface area contributed by atoms with Gasteiger partial charge in [0.05, 0.1) is 11.4 Å². The van der Waals surface area contributed by atoms with E-state index in [1.54, 1.807) is 30.3 Å². The summed E-state index contributed by atoms with van der Waals surface area (Å²) in [4.78, 5) is 26.4. The fraction of sp³-hybridized carbons (Fsp3) is 0.263. The maximum absolute atomic E-state index is 12.7. The Morgan fingerprint density at radius 1 is 0.962 bits per heavy atom. The van der Waals surface area contributed by atoms with Crippen LogP contribution in [-0.2, 0) is 0 Å². The standard InChI is InChI=1S/C19H19N3O4/c20-18(23)12-3-5-15(22-7-1-2-8-22)14(9-12)21-19(24)13-4-6-16-17(10-13)26-11-25-16/h3-6,9-10H,1-2,7-8,11H2,(H2,20,23)(H,21,24). The van der Waals surface area contributed by atoms with Gasteiger partial charge in [0.25, 0.3) is 5.91 Å². The molecular weight excluding hydrogens is 334 g/mol. The number of amides is 2. The van der Waals surface area contributed by atoms with Crippen LogP contribution in [0.25, 0.3) is 0 Å². The lowest BCUT2D eigenvalue weighted by Gasteiger charge is -2.22. The van der Waals surface area contributed by atoms with Gasteiger partial charge in [-0.3, -0.25) is 9.59 Å². The van der Waals surface area contributed by atoms with Gasteiger partial charge in [0.15, 0.2) is 11.5 Å². The number of carbonyl (C=O) groups is 2. The topological polar surface area (TPSA) is 93.9 Å². The number of nitrogens with one attached hydrogen (secondary N) is 1. The van der Waals surface area contributed by atoms with Crippen molar-refractivity contribution in [3.63, 3.8) is 0 Å². The Balaban J connectivity index is 1.64. The smallest absolute Gasteiger partial charge is 0.255 e. The summed E-state index contributed by atoms with van der Waals surface area (Å²) in [6.07, 6.45) is 2.21. The van der Waals surface area contributed by atoms with Crippen molar-refractivity contribution in [1.82, 2.24) is 0 Å². The largest absolute Gasteiger partial charge is 0.454 e. The molecule has 4 rings (SSSR count). The average Bonchev–Trinajstić information content (AvgIpc) is 3.32. The number of nitrogens with two attached hydrogens (primary N) is 1. The van der Waals surface area contributed by atoms with Crippen molar-refractivity contribution < 1.29 is 19.1 Å². The van der Waals surface area contributed by atoms with Gasteiger partial charge >= 0.3 is 0 Å². The van der Waals surface area contributed by atoms with Gasteiger partial charge in [0.1, 0.15) is 0 Å². The molecule has 2 heterocycles. The molecule has 2 aliphatic rings. The summed E-state index contributed by atoms with van der Waals surface area (Å²) in [5.74, 6) is 0.347. The van der Waals surface area contributed by atoms with E-state index in [4.69, 9.17) is 15.2 Å². The van der Waals surface area contributed by atoms with Crippen LogP contribution in [0.5, 0.6) is 11.5 Å². The van der Waals surface area contributed by atoms with Crippen molar-refractivity contribution in [2.75, 3.05) is 30.1 Å². The first-order valence-corrected chi connectivity index (χ1v) is 8.51. The predicted molar refractivity (Wildman–Crippen MR) is 96.9 cm³/mol. The molecular formula is C19H19N3O4. The van der Waals surface area contributed by atoms with E-state index in [2.05, 4.69) is 10.2 Å². The van der Waals surface area contributed by atoms with Crippen molar-refractivity contribution >= 4 is 23.2 Å². The SMILES string of the molecule is NC(=O)c1ccc(N2CCCC2)c(NC(=O)c2ccc3c(c2)OCO3)c1. The van der Waals surface area contributed by atoms with Crippen LogP contribution >= 0.6 is 0 Å². The minimum absolute atomic E-state index is 0.153. The number of ether oxygens (including phenoxy) is 2. The quantitative estimate of drug-likeness (QED) is 0.880. The number of primary amides is 1. The molecule has 1 fully saturated rings. The Labute approximate surface area is 150 Å². The Morgan fingerprint density at radius 3 is 2.46 bits per heavy atom. The second kappa shape index (κ2) is 6.59. The van der Waals surface area contributed by atoms with E-state index in [9.17, 15) is 9.59 Å². The molecule has 26 heavy (non-hydrogen) atoms. The molecule has 3 N–H and O–H groups in total. The average molecular weight is 353 g/mol. The van der Waals surface area contributed by atoms with E-state index >= 15 is 0 Å². The molecule has 0 saturated carbocycles. The first-order valence-electron chi connectivity index (χ1n) is 8.51. The van der Waals surface area contributed by atoms with Gasteiger partial charge in [-0.05, 0) is 49.2 Å². The van der Waals surface area contributed by atoms with Crippen molar-refractivity contribution in [2.24, 2.45) is 5.73 Å². The Hall–Kier alpha value is -3.22. The number of rotatable bonds is 4. The molecule has 7 nitrogen and oxygen atoms in total. The highest BCUT2D eigenvalue weighted by atomic mass is 16.7. The van der Waals surface area contributed by atoms with Crippen LogP contribution in [0.2, 0.25) is 0 Å². The van der Waals surface area contributed by atoms with E-state index in [1.807, 2.05) is 6.07 Å². The van der Waals surface area contributed by atoms with Crippen molar-refractivity contribution in [1.29, 1.82) is 0 Å². The molecule has 2 aromatic rings. The minimum atomic E-state index is -0.531. The fourth-order valence-corrected chi connectivity index (χ4v) is 3.26. The third kappa shape index (κ3) is 3.03. The zero-order chi connectivity index (χ0) is 18.1. The van der Waals surface area contributed by atoms with Gasteiger partial charge < -0.3 is 25.4 Å². The summed E-state index contributed by atoms with van der Waals surface area (Å²) in [7, 11) is 0. The Bertz CT molecular complexity index is 875. The third-order valence-electron chi connectivity index (χ3n) is 4.61. The molecule has 7 heteroatoms. The van der Waals surface area contributed by atoms with Gasteiger partial charge in [-0.25, -0.2) is 0 Å². The molecule has 0 aliphatic carbocycles. The molecule has 2 aliphatic heterocycles. The monoisotopic (exact) mass is 353 g/mol. The number of hydrogen-bond donors (Lipinski definition) is 2. The maximum Gasteiger partial charge on any atom is 0.255 e. The molecule has 0 spiro atoms. The third-order valence-corrected chi connectivity index (χ3v) is 4.61. The van der Waals surface area contributed by atoms with Crippen LogP contribution in [0.15, 0.2) is 36.4 Å². The highest BCUT2D eigenvalue weighted by molar-refractivity contribution is 6.07. The van der Waals surface area contributed by atoms with E-state index in [1.165, 1.54) is 0 Å². The van der Waals surface area contributed by atoms with Crippen LogP contribution in [-0.4, -0.2) is 31.7 Å². The summed E-state index contributed by atoms with van der Waals surface area (Å²) >= 11 is 0. The molecule has 0 aromatic heterocycles. The first-order chi connectivity index (χ1) is 12.6. The van der Waals surface area contributed by atoms with Crippen molar-refractivity contribution in [3.8, 4) is 11.5 Å². The number of anilines is 2. The summed E-state index contributed by atoms with van der Waals surface area (Å²) in [5.41, 5.74) is 7.66. The van der Waals surface area contributed by atoms with Crippen LogP contribution in [0.1, 0.15) is 33.6 Å². The number of carbonyl (C=O) groups excluding carboxylic acids is 2. The summed E-state index contributed by atoms with van der Waals surface area (Å²) in [6, 6.07) is 10.2. The van der Waals surface area contributed by atoms with Gasteiger partial charge in [-0.15, -0.1) is 0 Å². The van der Waals surface area contributed by atoms with Crippen LogP contribution in [0.3, 0.4) is 0 Å². The van der Waals surface area contributed by atoms with Crippen molar-refractivity contribution in [2.45, 2.75) is 12.8 Å². The maximum atomic E-state index is 12.7. The molecule has 1 saturated heterocycles. The normalized spacial score (nSPS) is 15.2.